The first-order valence-corrected chi connectivity index (χ1v) is 12.6. The van der Waals surface area contributed by atoms with E-state index < -0.39 is 10.0 Å². The normalized spacial score (nSPS) is 14.7. The van der Waals surface area contributed by atoms with Crippen molar-refractivity contribution in [3.8, 4) is 22.9 Å². The highest BCUT2D eigenvalue weighted by atomic mass is 32.2. The van der Waals surface area contributed by atoms with E-state index in [-0.39, 0.29) is 23.7 Å². The van der Waals surface area contributed by atoms with Crippen molar-refractivity contribution < 1.29 is 22.6 Å². The third-order valence-electron chi connectivity index (χ3n) is 6.06. The van der Waals surface area contributed by atoms with Gasteiger partial charge in [0.05, 0.1) is 27.0 Å². The largest absolute Gasteiger partial charge is 0.497 e. The van der Waals surface area contributed by atoms with Gasteiger partial charge in [-0.25, -0.2) is 18.4 Å². The molecule has 0 amide bonds. The van der Waals surface area contributed by atoms with Gasteiger partial charge < -0.3 is 19.1 Å². The molecule has 1 saturated heterocycles. The molecule has 0 aliphatic carbocycles. The van der Waals surface area contributed by atoms with Crippen LogP contribution in [-0.2, 0) is 10.0 Å². The number of methoxy groups -OCH3 is 3. The van der Waals surface area contributed by atoms with Gasteiger partial charge in [-0.15, -0.1) is 5.10 Å². The summed E-state index contributed by atoms with van der Waals surface area (Å²) in [6, 6.07) is 12.1. The van der Waals surface area contributed by atoms with Crippen LogP contribution >= 0.6 is 0 Å². The molecule has 1 aliphatic heterocycles. The molecular weight excluding hydrogens is 486 g/mol. The maximum atomic E-state index is 13.4. The third kappa shape index (κ3) is 4.16. The lowest BCUT2D eigenvalue weighted by Crippen LogP contribution is -2.49. The van der Waals surface area contributed by atoms with Crippen LogP contribution < -0.4 is 19.1 Å². The topological polar surface area (TPSA) is 125 Å². The summed E-state index contributed by atoms with van der Waals surface area (Å²) in [7, 11) is 0.745. The van der Waals surface area contributed by atoms with Gasteiger partial charge in [0.2, 0.25) is 10.0 Å². The van der Waals surface area contributed by atoms with Crippen molar-refractivity contribution in [3.63, 3.8) is 0 Å². The molecule has 1 aliphatic rings. The molecule has 36 heavy (non-hydrogen) atoms. The standard InChI is InChI=1S/C23H25N7O5S/c1-33-17-6-4-16(5-7-17)30-23-21(26-27-30)22(24-15-25-23)28-10-12-29(13-11-28)36(31,32)20-14-18(34-2)8-9-19(20)35-3/h4-9,14-15H,10-13H2,1-3H3. The number of hydrogen-bond donors (Lipinski definition) is 0. The highest BCUT2D eigenvalue weighted by Gasteiger charge is 2.32. The first kappa shape index (κ1) is 23.8. The quantitative estimate of drug-likeness (QED) is 0.362. The van der Waals surface area contributed by atoms with Crippen LogP contribution in [0, 0.1) is 0 Å². The van der Waals surface area contributed by atoms with Crippen molar-refractivity contribution in [2.24, 2.45) is 0 Å². The minimum Gasteiger partial charge on any atom is -0.497 e. The molecule has 2 aromatic heterocycles. The smallest absolute Gasteiger partial charge is 0.247 e. The van der Waals surface area contributed by atoms with E-state index in [0.29, 0.717) is 35.8 Å². The lowest BCUT2D eigenvalue weighted by Gasteiger charge is -2.34. The van der Waals surface area contributed by atoms with Crippen LogP contribution in [0.1, 0.15) is 0 Å². The van der Waals surface area contributed by atoms with Crippen LogP contribution in [0.5, 0.6) is 17.2 Å². The second-order valence-corrected chi connectivity index (χ2v) is 9.88. The van der Waals surface area contributed by atoms with Crippen molar-refractivity contribution in [2.75, 3.05) is 52.4 Å². The van der Waals surface area contributed by atoms with Gasteiger partial charge in [-0.05, 0) is 36.4 Å². The van der Waals surface area contributed by atoms with Gasteiger partial charge >= 0.3 is 0 Å². The van der Waals surface area contributed by atoms with E-state index in [4.69, 9.17) is 14.2 Å². The van der Waals surface area contributed by atoms with Gasteiger partial charge in [-0.2, -0.15) is 8.99 Å². The lowest BCUT2D eigenvalue weighted by atomic mass is 10.3. The number of rotatable bonds is 7. The number of fused-ring (bicyclic) bond motifs is 1. The molecule has 4 aromatic rings. The first-order chi connectivity index (χ1) is 17.5. The summed E-state index contributed by atoms with van der Waals surface area (Å²) < 4.78 is 45.6. The predicted molar refractivity (Wildman–Crippen MR) is 132 cm³/mol. The molecule has 0 radical (unpaired) electrons. The van der Waals surface area contributed by atoms with Crippen LogP contribution in [0.15, 0.2) is 53.7 Å². The SMILES string of the molecule is COc1ccc(-n2nnc3c(N4CCN(S(=O)(=O)c5cc(OC)ccc5OC)CC4)ncnc32)cc1. The Bertz CT molecular complexity index is 1480. The number of piperazine rings is 1. The Labute approximate surface area is 208 Å². The van der Waals surface area contributed by atoms with Crippen LogP contribution in [0.2, 0.25) is 0 Å². The molecule has 1 fully saturated rings. The third-order valence-corrected chi connectivity index (χ3v) is 7.98. The fourth-order valence-corrected chi connectivity index (χ4v) is 5.72. The summed E-state index contributed by atoms with van der Waals surface area (Å²) in [4.78, 5) is 10.9. The Morgan fingerprint density at radius 1 is 0.833 bits per heavy atom. The molecule has 12 nitrogen and oxygen atoms in total. The average molecular weight is 512 g/mol. The van der Waals surface area contributed by atoms with E-state index in [0.717, 1.165) is 11.4 Å². The summed E-state index contributed by atoms with van der Waals surface area (Å²) in [6.45, 7) is 1.38. The second kappa shape index (κ2) is 9.59. The number of benzene rings is 2. The monoisotopic (exact) mass is 511 g/mol. The van der Waals surface area contributed by atoms with E-state index in [2.05, 4.69) is 20.3 Å². The molecule has 2 aromatic carbocycles. The zero-order valence-electron chi connectivity index (χ0n) is 20.0. The van der Waals surface area contributed by atoms with Gasteiger partial charge in [-0.3, -0.25) is 0 Å². The first-order valence-electron chi connectivity index (χ1n) is 11.1. The highest BCUT2D eigenvalue weighted by Crippen LogP contribution is 2.32. The zero-order valence-corrected chi connectivity index (χ0v) is 20.8. The average Bonchev–Trinajstić information content (AvgIpc) is 3.37. The summed E-state index contributed by atoms with van der Waals surface area (Å²) in [5, 5.41) is 8.59. The van der Waals surface area contributed by atoms with E-state index in [9.17, 15) is 8.42 Å². The predicted octanol–water partition coefficient (Wildman–Crippen LogP) is 1.75. The molecule has 0 spiro atoms. The summed E-state index contributed by atoms with van der Waals surface area (Å²) in [5.74, 6) is 2.05. The number of sulfonamides is 1. The van der Waals surface area contributed by atoms with Gasteiger partial charge in [0.25, 0.3) is 0 Å². The molecule has 0 N–H and O–H groups in total. The Kier molecular flexibility index (Phi) is 6.33. The molecule has 0 atom stereocenters. The van der Waals surface area contributed by atoms with Crippen molar-refractivity contribution in [1.29, 1.82) is 0 Å². The van der Waals surface area contributed by atoms with E-state index in [1.54, 1.807) is 23.9 Å². The fourth-order valence-electron chi connectivity index (χ4n) is 4.13. The van der Waals surface area contributed by atoms with Crippen molar-refractivity contribution in [2.45, 2.75) is 4.90 Å². The molecular formula is C23H25N7O5S. The van der Waals surface area contributed by atoms with Crippen LogP contribution in [0.3, 0.4) is 0 Å². The van der Waals surface area contributed by atoms with Gasteiger partial charge in [0.1, 0.15) is 28.5 Å². The zero-order chi connectivity index (χ0) is 25.3. The number of aromatic nitrogens is 5. The number of hydrogen-bond acceptors (Lipinski definition) is 10. The lowest BCUT2D eigenvalue weighted by molar-refractivity contribution is 0.370. The fraction of sp³-hybridized carbons (Fsp3) is 0.304. The van der Waals surface area contributed by atoms with Crippen molar-refractivity contribution >= 4 is 27.0 Å². The van der Waals surface area contributed by atoms with E-state index in [1.165, 1.54) is 30.9 Å². The van der Waals surface area contributed by atoms with Crippen LogP contribution in [-0.4, -0.2) is 85.2 Å². The Balaban J connectivity index is 1.38. The second-order valence-electron chi connectivity index (χ2n) is 7.98. The minimum atomic E-state index is -3.80. The molecule has 0 unspecified atom stereocenters. The number of nitrogens with zero attached hydrogens (tertiary/aromatic N) is 7. The maximum absolute atomic E-state index is 13.4. The molecule has 13 heteroatoms. The van der Waals surface area contributed by atoms with Crippen molar-refractivity contribution in [1.82, 2.24) is 29.3 Å². The molecule has 3 heterocycles. The minimum absolute atomic E-state index is 0.0738. The maximum Gasteiger partial charge on any atom is 0.247 e. The van der Waals surface area contributed by atoms with Crippen molar-refractivity contribution in [3.05, 3.63) is 48.8 Å². The summed E-state index contributed by atoms with van der Waals surface area (Å²) in [5.41, 5.74) is 1.88. The Morgan fingerprint density at radius 2 is 1.53 bits per heavy atom. The molecule has 188 valence electrons. The highest BCUT2D eigenvalue weighted by molar-refractivity contribution is 7.89. The molecule has 0 saturated carbocycles. The van der Waals surface area contributed by atoms with Gasteiger partial charge in [0, 0.05) is 32.2 Å². The van der Waals surface area contributed by atoms with Crippen LogP contribution in [0.25, 0.3) is 16.9 Å². The van der Waals surface area contributed by atoms with E-state index >= 15 is 0 Å². The number of ether oxygens (including phenoxy) is 3. The summed E-state index contributed by atoms with van der Waals surface area (Å²) >= 11 is 0. The number of anilines is 1. The van der Waals surface area contributed by atoms with E-state index in [1.807, 2.05) is 29.2 Å². The van der Waals surface area contributed by atoms with Crippen LogP contribution in [0.4, 0.5) is 5.82 Å². The molecule has 0 bridgehead atoms. The molecule has 5 rings (SSSR count). The van der Waals surface area contributed by atoms with Gasteiger partial charge in [-0.1, -0.05) is 5.21 Å². The van der Waals surface area contributed by atoms with Gasteiger partial charge in [0.15, 0.2) is 17.0 Å². The Morgan fingerprint density at radius 3 is 2.19 bits per heavy atom. The Hall–Kier alpha value is -3.97. The summed E-state index contributed by atoms with van der Waals surface area (Å²) in [6.07, 6.45) is 1.46.